The van der Waals surface area contributed by atoms with Crippen LogP contribution in [-0.4, -0.2) is 0 Å². The van der Waals surface area contributed by atoms with Gasteiger partial charge in [-0.2, -0.15) is 0 Å². The maximum atomic E-state index is 2.44. The average molecular weight is 182 g/mol. The molecular weight excluding hydrogens is 156 g/mol. The molecule has 0 aliphatic heterocycles. The highest BCUT2D eigenvalue weighted by Crippen LogP contribution is 2.44. The third-order valence-electron chi connectivity index (χ3n) is 4.02. The molecule has 0 spiro atoms. The van der Waals surface area contributed by atoms with Crippen molar-refractivity contribution >= 4 is 0 Å². The molecule has 78 valence electrons. The van der Waals surface area contributed by atoms with Crippen LogP contribution in [0.3, 0.4) is 0 Å². The van der Waals surface area contributed by atoms with Crippen LogP contribution in [-0.2, 0) is 0 Å². The largest absolute Gasteiger partial charge is 0.0628 e. The van der Waals surface area contributed by atoms with Gasteiger partial charge in [-0.25, -0.2) is 0 Å². The van der Waals surface area contributed by atoms with E-state index in [2.05, 4.69) is 34.6 Å². The molecule has 2 unspecified atom stereocenters. The van der Waals surface area contributed by atoms with E-state index in [0.717, 1.165) is 17.8 Å². The summed E-state index contributed by atoms with van der Waals surface area (Å²) >= 11 is 0. The van der Waals surface area contributed by atoms with Gasteiger partial charge in [0, 0.05) is 0 Å². The van der Waals surface area contributed by atoms with E-state index in [4.69, 9.17) is 0 Å². The van der Waals surface area contributed by atoms with E-state index in [1.165, 1.54) is 25.7 Å². The Bertz CT molecular complexity index is 155. The fraction of sp³-hybridized carbons (Fsp3) is 1.00. The summed E-state index contributed by atoms with van der Waals surface area (Å²) in [5.74, 6) is 2.83. The lowest BCUT2D eigenvalue weighted by molar-refractivity contribution is 0.102. The molecule has 0 nitrogen and oxygen atoms in total. The summed E-state index contributed by atoms with van der Waals surface area (Å²) in [5.41, 5.74) is 0.605. The molecule has 0 saturated heterocycles. The van der Waals surface area contributed by atoms with Gasteiger partial charge >= 0.3 is 0 Å². The van der Waals surface area contributed by atoms with Gasteiger partial charge in [0.15, 0.2) is 0 Å². The highest BCUT2D eigenvalue weighted by atomic mass is 14.4. The zero-order valence-corrected chi connectivity index (χ0v) is 10.1. The van der Waals surface area contributed by atoms with Crippen molar-refractivity contribution in [1.82, 2.24) is 0 Å². The molecule has 1 rings (SSSR count). The van der Waals surface area contributed by atoms with Crippen molar-refractivity contribution in [3.05, 3.63) is 0 Å². The van der Waals surface area contributed by atoms with E-state index in [1.54, 1.807) is 0 Å². The topological polar surface area (TPSA) is 0 Å². The lowest BCUT2D eigenvalue weighted by Crippen LogP contribution is -2.30. The molecule has 0 amide bonds. The third kappa shape index (κ3) is 3.00. The van der Waals surface area contributed by atoms with Gasteiger partial charge in [0.2, 0.25) is 0 Å². The summed E-state index contributed by atoms with van der Waals surface area (Å²) < 4.78 is 0. The molecule has 13 heavy (non-hydrogen) atoms. The fourth-order valence-corrected chi connectivity index (χ4v) is 2.64. The zero-order valence-electron chi connectivity index (χ0n) is 10.1. The molecule has 0 aromatic rings. The Morgan fingerprint density at radius 2 is 1.92 bits per heavy atom. The van der Waals surface area contributed by atoms with Crippen LogP contribution in [0.5, 0.6) is 0 Å². The van der Waals surface area contributed by atoms with E-state index in [0.29, 0.717) is 5.41 Å². The Balaban J connectivity index is 2.42. The number of hydrogen-bond acceptors (Lipinski definition) is 0. The first kappa shape index (κ1) is 11.1. The maximum Gasteiger partial charge on any atom is -0.0328 e. The van der Waals surface area contributed by atoms with Gasteiger partial charge in [-0.05, 0) is 48.9 Å². The molecule has 0 radical (unpaired) electrons. The summed E-state index contributed by atoms with van der Waals surface area (Å²) in [4.78, 5) is 0. The summed E-state index contributed by atoms with van der Waals surface area (Å²) in [6, 6.07) is 0. The zero-order chi connectivity index (χ0) is 10.1. The van der Waals surface area contributed by atoms with Crippen LogP contribution in [0.15, 0.2) is 0 Å². The second-order valence-corrected chi connectivity index (χ2v) is 6.16. The Hall–Kier alpha value is 0. The Labute approximate surface area is 84.1 Å². The summed E-state index contributed by atoms with van der Waals surface area (Å²) in [6.07, 6.45) is 5.81. The monoisotopic (exact) mass is 182 g/mol. The second kappa shape index (κ2) is 4.02. The summed E-state index contributed by atoms with van der Waals surface area (Å²) in [7, 11) is 0. The molecule has 1 saturated carbocycles. The predicted molar refractivity (Wildman–Crippen MR) is 59.7 cm³/mol. The number of hydrogen-bond donors (Lipinski definition) is 0. The van der Waals surface area contributed by atoms with Gasteiger partial charge < -0.3 is 0 Å². The number of rotatable bonds is 2. The molecule has 0 aromatic carbocycles. The molecule has 1 aliphatic carbocycles. The molecule has 0 heteroatoms. The highest BCUT2D eigenvalue weighted by molar-refractivity contribution is 4.84. The van der Waals surface area contributed by atoms with Gasteiger partial charge in [-0.15, -0.1) is 0 Å². The van der Waals surface area contributed by atoms with E-state index in [-0.39, 0.29) is 0 Å². The molecule has 2 atom stereocenters. The van der Waals surface area contributed by atoms with Crippen molar-refractivity contribution in [2.45, 2.75) is 60.3 Å². The highest BCUT2D eigenvalue weighted by Gasteiger charge is 2.33. The molecule has 1 aliphatic rings. The van der Waals surface area contributed by atoms with Gasteiger partial charge in [-0.3, -0.25) is 0 Å². The van der Waals surface area contributed by atoms with Gasteiger partial charge in [0.25, 0.3) is 0 Å². The van der Waals surface area contributed by atoms with Crippen LogP contribution in [0.2, 0.25) is 0 Å². The molecule has 0 N–H and O–H groups in total. The van der Waals surface area contributed by atoms with E-state index in [9.17, 15) is 0 Å². The molecule has 0 aromatic heterocycles. The van der Waals surface area contributed by atoms with Crippen molar-refractivity contribution in [3.63, 3.8) is 0 Å². The minimum Gasteiger partial charge on any atom is -0.0628 e. The first-order chi connectivity index (χ1) is 5.92. The normalized spacial score (nSPS) is 33.7. The lowest BCUT2D eigenvalue weighted by Gasteiger charge is -2.41. The lowest BCUT2D eigenvalue weighted by atomic mass is 9.65. The molecule has 1 fully saturated rings. The Kier molecular flexibility index (Phi) is 3.43. The van der Waals surface area contributed by atoms with Crippen LogP contribution in [0.1, 0.15) is 60.3 Å². The Morgan fingerprint density at radius 3 is 2.38 bits per heavy atom. The molecule has 0 heterocycles. The van der Waals surface area contributed by atoms with Crippen LogP contribution < -0.4 is 0 Å². The van der Waals surface area contributed by atoms with Crippen LogP contribution in [0.4, 0.5) is 0 Å². The molecular formula is C13H26. The fourth-order valence-electron chi connectivity index (χ4n) is 2.64. The van der Waals surface area contributed by atoms with E-state index in [1.807, 2.05) is 0 Å². The first-order valence-corrected chi connectivity index (χ1v) is 5.92. The summed E-state index contributed by atoms with van der Waals surface area (Å²) in [6.45, 7) is 12.0. The minimum absolute atomic E-state index is 0.605. The van der Waals surface area contributed by atoms with Gasteiger partial charge in [0.05, 0.1) is 0 Å². The third-order valence-corrected chi connectivity index (χ3v) is 4.02. The quantitative estimate of drug-likeness (QED) is 0.590. The molecule has 0 bridgehead atoms. The first-order valence-electron chi connectivity index (χ1n) is 5.92. The van der Waals surface area contributed by atoms with Crippen molar-refractivity contribution in [1.29, 1.82) is 0 Å². The predicted octanol–water partition coefficient (Wildman–Crippen LogP) is 4.49. The Morgan fingerprint density at radius 1 is 1.31 bits per heavy atom. The second-order valence-electron chi connectivity index (χ2n) is 6.16. The SMILES string of the molecule is CC(C)CC1CCC(C)(C)C(C)C1. The van der Waals surface area contributed by atoms with E-state index < -0.39 is 0 Å². The van der Waals surface area contributed by atoms with Crippen LogP contribution in [0, 0.1) is 23.2 Å². The van der Waals surface area contributed by atoms with Gasteiger partial charge in [0.1, 0.15) is 0 Å². The minimum atomic E-state index is 0.605. The van der Waals surface area contributed by atoms with Crippen molar-refractivity contribution in [2.75, 3.05) is 0 Å². The van der Waals surface area contributed by atoms with E-state index >= 15 is 0 Å². The van der Waals surface area contributed by atoms with Crippen molar-refractivity contribution in [3.8, 4) is 0 Å². The summed E-state index contributed by atoms with van der Waals surface area (Å²) in [5, 5.41) is 0. The van der Waals surface area contributed by atoms with Crippen molar-refractivity contribution in [2.24, 2.45) is 23.2 Å². The smallest absolute Gasteiger partial charge is 0.0328 e. The standard InChI is InChI=1S/C13H26/c1-10(2)8-12-6-7-13(4,5)11(3)9-12/h10-12H,6-9H2,1-5H3. The van der Waals surface area contributed by atoms with Crippen molar-refractivity contribution < 1.29 is 0 Å². The average Bonchev–Trinajstić information content (AvgIpc) is 1.97. The maximum absolute atomic E-state index is 2.44. The van der Waals surface area contributed by atoms with Gasteiger partial charge in [-0.1, -0.05) is 34.6 Å². The van der Waals surface area contributed by atoms with Crippen LogP contribution in [0.25, 0.3) is 0 Å². The van der Waals surface area contributed by atoms with Crippen LogP contribution >= 0.6 is 0 Å².